The first-order valence-electron chi connectivity index (χ1n) is 2.21. The minimum atomic E-state index is -0.555. The quantitative estimate of drug-likeness (QED) is 0.544. The van der Waals surface area contributed by atoms with Gasteiger partial charge in [0, 0.05) is 6.54 Å². The number of hydrogen-bond donors (Lipinski definition) is 1. The van der Waals surface area contributed by atoms with Crippen LogP contribution in [0.4, 0.5) is 4.79 Å². The van der Waals surface area contributed by atoms with Gasteiger partial charge in [0.1, 0.15) is 0 Å². The Morgan fingerprint density at radius 1 is 1.75 bits per heavy atom. The SMILES string of the molecule is COC(=O)NCC[O]. The van der Waals surface area contributed by atoms with Crippen LogP contribution in [-0.4, -0.2) is 26.4 Å². The van der Waals surface area contributed by atoms with Gasteiger partial charge in [0.15, 0.2) is 0 Å². The van der Waals surface area contributed by atoms with Gasteiger partial charge in [0.05, 0.1) is 13.7 Å². The summed E-state index contributed by atoms with van der Waals surface area (Å²) in [5.74, 6) is 0. The number of hydrogen-bond acceptors (Lipinski definition) is 2. The van der Waals surface area contributed by atoms with Gasteiger partial charge in [-0.2, -0.15) is 0 Å². The van der Waals surface area contributed by atoms with Gasteiger partial charge in [0.2, 0.25) is 0 Å². The van der Waals surface area contributed by atoms with Crippen LogP contribution in [0.15, 0.2) is 0 Å². The van der Waals surface area contributed by atoms with Crippen LogP contribution in [0.5, 0.6) is 0 Å². The van der Waals surface area contributed by atoms with Crippen molar-refractivity contribution in [1.29, 1.82) is 0 Å². The molecule has 8 heavy (non-hydrogen) atoms. The summed E-state index contributed by atoms with van der Waals surface area (Å²) >= 11 is 0. The molecule has 0 unspecified atom stereocenters. The number of rotatable bonds is 2. The van der Waals surface area contributed by atoms with Crippen LogP contribution in [-0.2, 0) is 9.84 Å². The molecule has 0 bridgehead atoms. The van der Waals surface area contributed by atoms with Gasteiger partial charge in [-0.25, -0.2) is 9.90 Å². The smallest absolute Gasteiger partial charge is 0.406 e. The van der Waals surface area contributed by atoms with Crippen molar-refractivity contribution in [3.63, 3.8) is 0 Å². The van der Waals surface area contributed by atoms with E-state index in [4.69, 9.17) is 0 Å². The lowest BCUT2D eigenvalue weighted by atomic mass is 10.7. The van der Waals surface area contributed by atoms with E-state index in [-0.39, 0.29) is 13.2 Å². The van der Waals surface area contributed by atoms with E-state index in [9.17, 15) is 9.90 Å². The first-order chi connectivity index (χ1) is 3.81. The molecule has 1 N–H and O–H groups in total. The fourth-order valence-corrected chi connectivity index (χ4v) is 0.225. The standard InChI is InChI=1S/C4H8NO3/c1-8-4(7)5-2-3-6/h2-3H2,1H3,(H,5,7). The second kappa shape index (κ2) is 4.39. The molecule has 0 aromatic rings. The van der Waals surface area contributed by atoms with Crippen molar-refractivity contribution in [3.8, 4) is 0 Å². The number of methoxy groups -OCH3 is 1. The molecule has 0 aromatic carbocycles. The van der Waals surface area contributed by atoms with Crippen LogP contribution >= 0.6 is 0 Å². The van der Waals surface area contributed by atoms with Crippen LogP contribution < -0.4 is 5.32 Å². The molecule has 0 atom stereocenters. The Hall–Kier alpha value is -0.770. The second-order valence-electron chi connectivity index (χ2n) is 1.12. The molecule has 0 aliphatic carbocycles. The third kappa shape index (κ3) is 3.42. The van der Waals surface area contributed by atoms with Crippen molar-refractivity contribution in [2.24, 2.45) is 0 Å². The van der Waals surface area contributed by atoms with Crippen LogP contribution in [0.25, 0.3) is 0 Å². The lowest BCUT2D eigenvalue weighted by Crippen LogP contribution is -2.25. The largest absolute Gasteiger partial charge is 0.453 e. The minimum absolute atomic E-state index is 0.132. The number of amides is 1. The maximum atomic E-state index is 10.1. The normalized spacial score (nSPS) is 8.25. The zero-order valence-electron chi connectivity index (χ0n) is 4.64. The van der Waals surface area contributed by atoms with E-state index < -0.39 is 6.09 Å². The van der Waals surface area contributed by atoms with Crippen LogP contribution in [0.2, 0.25) is 0 Å². The van der Waals surface area contributed by atoms with Gasteiger partial charge in [0.25, 0.3) is 0 Å². The summed E-state index contributed by atoms with van der Waals surface area (Å²) in [6, 6.07) is 0. The molecule has 0 aliphatic heterocycles. The monoisotopic (exact) mass is 118 g/mol. The zero-order chi connectivity index (χ0) is 6.41. The van der Waals surface area contributed by atoms with Crippen molar-refractivity contribution < 1.29 is 14.6 Å². The first-order valence-corrected chi connectivity index (χ1v) is 2.21. The summed E-state index contributed by atoms with van der Waals surface area (Å²) in [5.41, 5.74) is 0. The molecule has 1 radical (unpaired) electrons. The molecule has 4 nitrogen and oxygen atoms in total. The molecule has 0 rings (SSSR count). The third-order valence-electron chi connectivity index (χ3n) is 0.557. The number of alkyl carbamates (subject to hydrolysis) is 1. The number of ether oxygens (including phenoxy) is 1. The Morgan fingerprint density at radius 3 is 2.75 bits per heavy atom. The van der Waals surface area contributed by atoms with E-state index in [1.54, 1.807) is 0 Å². The summed E-state index contributed by atoms with van der Waals surface area (Å²) < 4.78 is 4.16. The fraction of sp³-hybridized carbons (Fsp3) is 0.750. The second-order valence-corrected chi connectivity index (χ2v) is 1.12. The van der Waals surface area contributed by atoms with Crippen molar-refractivity contribution in [1.82, 2.24) is 5.32 Å². The van der Waals surface area contributed by atoms with Gasteiger partial charge in [-0.1, -0.05) is 0 Å². The van der Waals surface area contributed by atoms with Crippen molar-refractivity contribution >= 4 is 6.09 Å². The first kappa shape index (κ1) is 7.23. The van der Waals surface area contributed by atoms with Gasteiger partial charge >= 0.3 is 6.09 Å². The van der Waals surface area contributed by atoms with Gasteiger partial charge < -0.3 is 10.1 Å². The topological polar surface area (TPSA) is 58.2 Å². The van der Waals surface area contributed by atoms with E-state index in [0.29, 0.717) is 0 Å². The molecular weight excluding hydrogens is 110 g/mol. The van der Waals surface area contributed by atoms with Crippen LogP contribution in [0.1, 0.15) is 0 Å². The minimum Gasteiger partial charge on any atom is -0.453 e. The maximum absolute atomic E-state index is 10.1. The molecule has 0 spiro atoms. The molecule has 0 aromatic heterocycles. The summed E-state index contributed by atoms with van der Waals surface area (Å²) in [7, 11) is 1.25. The summed E-state index contributed by atoms with van der Waals surface area (Å²) in [5, 5.41) is 11.9. The molecule has 0 fully saturated rings. The predicted molar refractivity (Wildman–Crippen MR) is 26.0 cm³/mol. The average Bonchev–Trinajstić information content (AvgIpc) is 1.83. The lowest BCUT2D eigenvalue weighted by Gasteiger charge is -1.96. The van der Waals surface area contributed by atoms with Crippen molar-refractivity contribution in [3.05, 3.63) is 0 Å². The molecule has 0 heterocycles. The number of nitrogens with one attached hydrogen (secondary N) is 1. The van der Waals surface area contributed by atoms with Gasteiger partial charge in [-0.05, 0) is 0 Å². The Balaban J connectivity index is 2.99. The van der Waals surface area contributed by atoms with E-state index in [2.05, 4.69) is 10.1 Å². The van der Waals surface area contributed by atoms with Crippen molar-refractivity contribution in [2.45, 2.75) is 0 Å². The van der Waals surface area contributed by atoms with E-state index in [0.717, 1.165) is 0 Å². The summed E-state index contributed by atoms with van der Waals surface area (Å²) in [6.45, 7) is -0.179. The Labute approximate surface area is 47.5 Å². The van der Waals surface area contributed by atoms with E-state index in [1.807, 2.05) is 0 Å². The van der Waals surface area contributed by atoms with Crippen LogP contribution in [0, 0.1) is 0 Å². The highest BCUT2D eigenvalue weighted by Gasteiger charge is 1.92. The fourth-order valence-electron chi connectivity index (χ4n) is 0.225. The molecule has 0 saturated heterocycles. The zero-order valence-corrected chi connectivity index (χ0v) is 4.64. The lowest BCUT2D eigenvalue weighted by molar-refractivity contribution is 0.157. The molecule has 47 valence electrons. The van der Waals surface area contributed by atoms with E-state index in [1.165, 1.54) is 7.11 Å². The highest BCUT2D eigenvalue weighted by Crippen LogP contribution is 1.67. The predicted octanol–water partition coefficient (Wildman–Crippen LogP) is -0.227. The Bertz CT molecular complexity index is 73.7. The van der Waals surface area contributed by atoms with Crippen molar-refractivity contribution in [2.75, 3.05) is 20.3 Å². The molecule has 4 heteroatoms. The summed E-state index contributed by atoms with van der Waals surface area (Å²) in [6.07, 6.45) is -0.555. The molecular formula is C4H8NO3. The molecule has 0 saturated carbocycles. The van der Waals surface area contributed by atoms with E-state index >= 15 is 0 Å². The van der Waals surface area contributed by atoms with Gasteiger partial charge in [-0.15, -0.1) is 0 Å². The third-order valence-corrected chi connectivity index (χ3v) is 0.557. The maximum Gasteiger partial charge on any atom is 0.406 e. The highest BCUT2D eigenvalue weighted by atomic mass is 16.5. The number of carbonyl (C=O) groups is 1. The average molecular weight is 118 g/mol. The Kier molecular flexibility index (Phi) is 3.97. The number of carbonyl (C=O) groups excluding carboxylic acids is 1. The summed E-state index contributed by atoms with van der Waals surface area (Å²) in [4.78, 5) is 10.1. The Morgan fingerprint density at radius 2 is 2.38 bits per heavy atom. The molecule has 0 aliphatic rings. The molecule has 1 amide bonds. The highest BCUT2D eigenvalue weighted by molar-refractivity contribution is 5.66. The van der Waals surface area contributed by atoms with Gasteiger partial charge in [-0.3, -0.25) is 0 Å². The van der Waals surface area contributed by atoms with Crippen LogP contribution in [0.3, 0.4) is 0 Å².